The van der Waals surface area contributed by atoms with Gasteiger partial charge in [0, 0.05) is 5.75 Å². The highest BCUT2D eigenvalue weighted by Gasteiger charge is 1.85. The van der Waals surface area contributed by atoms with Gasteiger partial charge in [-0.2, -0.15) is 0 Å². The predicted octanol–water partition coefficient (Wildman–Crippen LogP) is 2.86. The Bertz CT molecular complexity index is 42.2. The van der Waals surface area contributed by atoms with E-state index < -0.39 is 0 Å². The Labute approximate surface area is 62.4 Å². The van der Waals surface area contributed by atoms with E-state index in [-0.39, 0.29) is 0 Å². The Morgan fingerprint density at radius 3 is 2.56 bits per heavy atom. The highest BCUT2D eigenvalue weighted by atomic mass is 32.2. The largest absolute Gasteiger partial charge is 0.315 e. The fourth-order valence-corrected chi connectivity index (χ4v) is 0.925. The second-order valence-electron chi connectivity index (χ2n) is 2.00. The minimum Gasteiger partial charge on any atom is -0.315 e. The average Bonchev–Trinajstić information content (AvgIpc) is 1.89. The number of hydrogen-bond acceptors (Lipinski definition) is 2. The molecule has 0 atom stereocenters. The van der Waals surface area contributed by atoms with Crippen molar-refractivity contribution in [3.05, 3.63) is 0 Å². The summed E-state index contributed by atoms with van der Waals surface area (Å²) in [5, 5.41) is 0. The van der Waals surface area contributed by atoms with Crippen LogP contribution in [-0.4, -0.2) is 12.4 Å². The molecule has 0 radical (unpaired) electrons. The number of unbranched alkanes of at least 4 members (excludes halogenated alkanes) is 1. The summed E-state index contributed by atoms with van der Waals surface area (Å²) in [5.74, 6) is 1.13. The second kappa shape index (κ2) is 8.31. The molecule has 0 aliphatic heterocycles. The van der Waals surface area contributed by atoms with E-state index in [9.17, 15) is 0 Å². The Morgan fingerprint density at radius 2 is 2.00 bits per heavy atom. The van der Waals surface area contributed by atoms with Crippen molar-refractivity contribution in [2.75, 3.05) is 12.4 Å². The third-order valence-electron chi connectivity index (χ3n) is 0.952. The fourth-order valence-electron chi connectivity index (χ4n) is 0.404. The van der Waals surface area contributed by atoms with E-state index in [0.29, 0.717) is 0 Å². The lowest BCUT2D eigenvalue weighted by atomic mass is 10.4. The van der Waals surface area contributed by atoms with Crippen molar-refractivity contribution < 1.29 is 4.18 Å². The molecule has 1 nitrogen and oxygen atoms in total. The van der Waals surface area contributed by atoms with Crippen molar-refractivity contribution in [2.45, 2.75) is 33.1 Å². The van der Waals surface area contributed by atoms with Crippen molar-refractivity contribution in [3.8, 4) is 0 Å². The van der Waals surface area contributed by atoms with Gasteiger partial charge in [-0.1, -0.05) is 20.3 Å². The molecule has 0 fully saturated rings. The van der Waals surface area contributed by atoms with Crippen LogP contribution in [0.5, 0.6) is 0 Å². The van der Waals surface area contributed by atoms with Gasteiger partial charge in [0.15, 0.2) is 0 Å². The zero-order valence-electron chi connectivity index (χ0n) is 6.35. The first-order chi connectivity index (χ1) is 4.41. The monoisotopic (exact) mass is 148 g/mol. The predicted molar refractivity (Wildman–Crippen MR) is 43.6 cm³/mol. The van der Waals surface area contributed by atoms with Gasteiger partial charge < -0.3 is 4.18 Å². The molecule has 0 saturated carbocycles. The highest BCUT2D eigenvalue weighted by Crippen LogP contribution is 2.04. The maximum atomic E-state index is 5.23. The van der Waals surface area contributed by atoms with Crippen molar-refractivity contribution >= 4 is 12.0 Å². The molecule has 0 saturated heterocycles. The van der Waals surface area contributed by atoms with Crippen LogP contribution in [0.25, 0.3) is 0 Å². The number of rotatable bonds is 6. The molecule has 2 heteroatoms. The normalized spacial score (nSPS) is 10.0. The van der Waals surface area contributed by atoms with E-state index >= 15 is 0 Å². The van der Waals surface area contributed by atoms with E-state index in [1.165, 1.54) is 19.3 Å². The Balaban J connectivity index is 2.60. The molecule has 0 aliphatic carbocycles. The van der Waals surface area contributed by atoms with Crippen LogP contribution < -0.4 is 0 Å². The van der Waals surface area contributed by atoms with Crippen LogP contribution in [0, 0.1) is 0 Å². The molecule has 0 bridgehead atoms. The van der Waals surface area contributed by atoms with Crippen LogP contribution >= 0.6 is 12.0 Å². The van der Waals surface area contributed by atoms with Gasteiger partial charge in [-0.15, -0.1) is 0 Å². The fraction of sp³-hybridized carbons (Fsp3) is 1.00. The standard InChI is InChI=1S/C7H16OS/c1-3-5-6-8-9-7-4-2/h3-7H2,1-2H3. The van der Waals surface area contributed by atoms with Gasteiger partial charge in [0.1, 0.15) is 0 Å². The zero-order chi connectivity index (χ0) is 6.95. The summed E-state index contributed by atoms with van der Waals surface area (Å²) in [4.78, 5) is 0. The Morgan fingerprint density at radius 1 is 1.22 bits per heavy atom. The van der Waals surface area contributed by atoms with Gasteiger partial charge >= 0.3 is 0 Å². The third-order valence-corrected chi connectivity index (χ3v) is 1.86. The zero-order valence-corrected chi connectivity index (χ0v) is 7.17. The lowest BCUT2D eigenvalue weighted by molar-refractivity contribution is 0.362. The van der Waals surface area contributed by atoms with Gasteiger partial charge in [-0.3, -0.25) is 0 Å². The molecule has 56 valence electrons. The molecule has 9 heavy (non-hydrogen) atoms. The molecule has 0 aliphatic rings. The second-order valence-corrected chi connectivity index (χ2v) is 2.88. The first-order valence-corrected chi connectivity index (χ1v) is 4.57. The van der Waals surface area contributed by atoms with Crippen molar-refractivity contribution in [1.29, 1.82) is 0 Å². The van der Waals surface area contributed by atoms with Gasteiger partial charge in [0.2, 0.25) is 0 Å². The summed E-state index contributed by atoms with van der Waals surface area (Å²) < 4.78 is 5.23. The van der Waals surface area contributed by atoms with Crippen LogP contribution in [0.15, 0.2) is 0 Å². The maximum absolute atomic E-state index is 5.23. The lowest BCUT2D eigenvalue weighted by Gasteiger charge is -1.97. The summed E-state index contributed by atoms with van der Waals surface area (Å²) in [5.41, 5.74) is 0. The van der Waals surface area contributed by atoms with Crippen LogP contribution in [0.4, 0.5) is 0 Å². The average molecular weight is 148 g/mol. The molecule has 0 aromatic carbocycles. The SMILES string of the molecule is CCCCOSCCC. The summed E-state index contributed by atoms with van der Waals surface area (Å²) in [7, 11) is 0. The summed E-state index contributed by atoms with van der Waals surface area (Å²) in [6.07, 6.45) is 3.63. The molecule has 0 N–H and O–H groups in total. The summed E-state index contributed by atoms with van der Waals surface area (Å²) >= 11 is 1.59. The molecule has 0 rings (SSSR count). The molecule has 0 unspecified atom stereocenters. The Kier molecular flexibility index (Phi) is 8.60. The summed E-state index contributed by atoms with van der Waals surface area (Å²) in [6, 6.07) is 0. The first-order valence-electron chi connectivity index (χ1n) is 3.66. The smallest absolute Gasteiger partial charge is 0.0613 e. The number of hydrogen-bond donors (Lipinski definition) is 0. The van der Waals surface area contributed by atoms with E-state index in [2.05, 4.69) is 13.8 Å². The van der Waals surface area contributed by atoms with Gasteiger partial charge in [-0.25, -0.2) is 0 Å². The molecule has 0 spiro atoms. The molecule has 0 aromatic heterocycles. The minimum absolute atomic E-state index is 0.918. The van der Waals surface area contributed by atoms with Crippen LogP contribution in [0.2, 0.25) is 0 Å². The van der Waals surface area contributed by atoms with Crippen LogP contribution in [0.1, 0.15) is 33.1 Å². The van der Waals surface area contributed by atoms with Crippen molar-refractivity contribution in [3.63, 3.8) is 0 Å². The van der Waals surface area contributed by atoms with Gasteiger partial charge in [-0.05, 0) is 24.9 Å². The van der Waals surface area contributed by atoms with Crippen LogP contribution in [-0.2, 0) is 4.18 Å². The topological polar surface area (TPSA) is 9.23 Å². The molecule has 0 aromatic rings. The molecular weight excluding hydrogens is 132 g/mol. The quantitative estimate of drug-likeness (QED) is 0.423. The van der Waals surface area contributed by atoms with E-state index in [0.717, 1.165) is 12.4 Å². The van der Waals surface area contributed by atoms with Crippen molar-refractivity contribution in [2.24, 2.45) is 0 Å². The van der Waals surface area contributed by atoms with E-state index in [1.54, 1.807) is 12.0 Å². The van der Waals surface area contributed by atoms with Crippen LogP contribution in [0.3, 0.4) is 0 Å². The Hall–Kier alpha value is 0.310. The highest BCUT2D eigenvalue weighted by molar-refractivity contribution is 7.94. The molecule has 0 heterocycles. The van der Waals surface area contributed by atoms with E-state index in [4.69, 9.17) is 4.18 Å². The molecular formula is C7H16OS. The summed E-state index contributed by atoms with van der Waals surface area (Å²) in [6.45, 7) is 5.26. The minimum atomic E-state index is 0.918. The van der Waals surface area contributed by atoms with Gasteiger partial charge in [0.25, 0.3) is 0 Å². The van der Waals surface area contributed by atoms with Gasteiger partial charge in [0.05, 0.1) is 6.61 Å². The van der Waals surface area contributed by atoms with E-state index in [1.807, 2.05) is 0 Å². The third kappa shape index (κ3) is 8.31. The van der Waals surface area contributed by atoms with Crippen molar-refractivity contribution in [1.82, 2.24) is 0 Å². The maximum Gasteiger partial charge on any atom is 0.0613 e. The first kappa shape index (κ1) is 9.31. The molecule has 0 amide bonds. The lowest BCUT2D eigenvalue weighted by Crippen LogP contribution is -1.85.